The Morgan fingerprint density at radius 3 is 0.258 bits per heavy atom. The number of hydrogen-bond acceptors (Lipinski definition) is 16. The average molecular weight is 1410 g/mol. The molecule has 0 fully saturated rings. The van der Waals surface area contributed by atoms with Crippen LogP contribution in [0, 0.1) is 0 Å². The predicted octanol–water partition coefficient (Wildman–Crippen LogP) is 21.3. The Balaban J connectivity index is 0.000000159. The Morgan fingerprint density at radius 2 is 0.194 bits per heavy atom. The molecular formula is C72H60O16P4Pd. The molecule has 93 heavy (non-hydrogen) atoms. The number of phosphoric ester groups is 4. The summed E-state index contributed by atoms with van der Waals surface area (Å²) >= 11 is 0. The first-order valence-corrected chi connectivity index (χ1v) is 34.1. The smallest absolute Gasteiger partial charge is 0.386 e. The maximum atomic E-state index is 13.1. The molecule has 0 spiro atoms. The number of hydrogen-bond donors (Lipinski definition) is 0. The van der Waals surface area contributed by atoms with Crippen LogP contribution < -0.4 is 54.3 Å². The maximum Gasteiger partial charge on any atom is 0.647 e. The summed E-state index contributed by atoms with van der Waals surface area (Å²) in [6, 6.07) is 105. The average Bonchev–Trinajstić information content (AvgIpc) is 1.66. The van der Waals surface area contributed by atoms with E-state index in [0.717, 1.165) is 0 Å². The molecule has 474 valence electrons. The fourth-order valence-electron chi connectivity index (χ4n) is 7.55. The Bertz CT molecular complexity index is 3230. The van der Waals surface area contributed by atoms with Gasteiger partial charge in [0.15, 0.2) is 0 Å². The molecule has 0 atom stereocenters. The van der Waals surface area contributed by atoms with E-state index in [1.54, 1.807) is 291 Å². The topological polar surface area (TPSA) is 179 Å². The first kappa shape index (κ1) is 68.7. The summed E-state index contributed by atoms with van der Waals surface area (Å²) in [5, 5.41) is 0. The van der Waals surface area contributed by atoms with E-state index in [0.29, 0.717) is 69.0 Å². The predicted molar refractivity (Wildman–Crippen MR) is 355 cm³/mol. The first-order valence-electron chi connectivity index (χ1n) is 28.3. The zero-order valence-electron chi connectivity index (χ0n) is 49.3. The minimum absolute atomic E-state index is 0. The van der Waals surface area contributed by atoms with E-state index in [1.807, 2.05) is 72.8 Å². The summed E-state index contributed by atoms with van der Waals surface area (Å²) in [7, 11) is -15.5. The van der Waals surface area contributed by atoms with Crippen molar-refractivity contribution in [1.82, 2.24) is 0 Å². The van der Waals surface area contributed by atoms with E-state index in [-0.39, 0.29) is 20.4 Å². The minimum atomic E-state index is -3.89. The summed E-state index contributed by atoms with van der Waals surface area (Å²) in [5.41, 5.74) is 0. The molecule has 0 saturated heterocycles. The molecule has 0 unspecified atom stereocenters. The molecule has 0 aliphatic heterocycles. The molecule has 12 rings (SSSR count). The van der Waals surface area contributed by atoms with Crippen molar-refractivity contribution in [2.24, 2.45) is 0 Å². The van der Waals surface area contributed by atoms with Gasteiger partial charge >= 0.3 is 31.3 Å². The third kappa shape index (κ3) is 24.5. The van der Waals surface area contributed by atoms with Crippen LogP contribution in [-0.2, 0) is 38.7 Å². The van der Waals surface area contributed by atoms with Crippen LogP contribution in [0.2, 0.25) is 0 Å². The van der Waals surface area contributed by atoms with Crippen molar-refractivity contribution in [2.75, 3.05) is 0 Å². The molecule has 12 aromatic carbocycles. The molecule has 12 aromatic rings. The second-order valence-corrected chi connectivity index (χ2v) is 24.4. The fraction of sp³-hybridized carbons (Fsp3) is 0. The van der Waals surface area contributed by atoms with Gasteiger partial charge in [0.05, 0.1) is 0 Å². The molecule has 0 aromatic heterocycles. The van der Waals surface area contributed by atoms with Crippen LogP contribution in [0.5, 0.6) is 69.0 Å². The molecule has 16 nitrogen and oxygen atoms in total. The van der Waals surface area contributed by atoms with Gasteiger partial charge in [-0.15, -0.1) is 0 Å². The SMILES string of the molecule is O=P(Oc1ccccc1)(Oc1ccccc1)Oc1ccccc1.O=P(Oc1ccccc1)(Oc1ccccc1)Oc1ccccc1.O=P(Oc1ccccc1)(Oc1ccccc1)Oc1ccccc1.O=P(Oc1ccccc1)(Oc1ccccc1)Oc1ccccc1.[Pd]. The third-order valence-electron chi connectivity index (χ3n) is 11.5. The second-order valence-electron chi connectivity index (χ2n) is 18.6. The van der Waals surface area contributed by atoms with E-state index in [1.165, 1.54) is 0 Å². The van der Waals surface area contributed by atoms with Crippen LogP contribution in [0.1, 0.15) is 0 Å². The van der Waals surface area contributed by atoms with Gasteiger partial charge < -0.3 is 54.3 Å². The maximum absolute atomic E-state index is 13.1. The molecule has 0 saturated carbocycles. The summed E-state index contributed by atoms with van der Waals surface area (Å²) in [4.78, 5) is 0. The summed E-state index contributed by atoms with van der Waals surface area (Å²) in [6.45, 7) is 0. The minimum Gasteiger partial charge on any atom is -0.386 e. The van der Waals surface area contributed by atoms with Crippen molar-refractivity contribution in [3.05, 3.63) is 364 Å². The second kappa shape index (κ2) is 36.0. The molecule has 21 heteroatoms. The monoisotopic (exact) mass is 1410 g/mol. The van der Waals surface area contributed by atoms with Crippen molar-refractivity contribution in [3.63, 3.8) is 0 Å². The Morgan fingerprint density at radius 1 is 0.129 bits per heavy atom. The Labute approximate surface area is 553 Å². The third-order valence-corrected chi connectivity index (χ3v) is 16.7. The van der Waals surface area contributed by atoms with Crippen LogP contribution >= 0.6 is 31.3 Å². The number of para-hydroxylation sites is 12. The summed E-state index contributed by atoms with van der Waals surface area (Å²) in [5.74, 6) is 4.86. The molecular weight excluding hydrogens is 1350 g/mol. The van der Waals surface area contributed by atoms with Gasteiger partial charge in [0.25, 0.3) is 0 Å². The van der Waals surface area contributed by atoms with E-state index in [4.69, 9.17) is 54.3 Å². The quantitative estimate of drug-likeness (QED) is 0.0411. The van der Waals surface area contributed by atoms with E-state index in [2.05, 4.69) is 0 Å². The van der Waals surface area contributed by atoms with Gasteiger partial charge in [-0.1, -0.05) is 218 Å². The van der Waals surface area contributed by atoms with Gasteiger partial charge in [0.1, 0.15) is 69.0 Å². The van der Waals surface area contributed by atoms with Crippen LogP contribution in [0.4, 0.5) is 0 Å². The van der Waals surface area contributed by atoms with Crippen LogP contribution in [-0.4, -0.2) is 0 Å². The van der Waals surface area contributed by atoms with Gasteiger partial charge in [0.2, 0.25) is 0 Å². The molecule has 0 N–H and O–H groups in total. The van der Waals surface area contributed by atoms with Crippen LogP contribution in [0.25, 0.3) is 0 Å². The largest absolute Gasteiger partial charge is 0.647 e. The zero-order valence-corrected chi connectivity index (χ0v) is 54.4. The van der Waals surface area contributed by atoms with Gasteiger partial charge in [-0.2, -0.15) is 18.3 Å². The Hall–Kier alpha value is -10.2. The summed E-state index contributed by atoms with van der Waals surface area (Å²) in [6.07, 6.45) is 0. The van der Waals surface area contributed by atoms with Gasteiger partial charge in [-0.05, 0) is 146 Å². The Kier molecular flexibility index (Phi) is 26.6. The van der Waals surface area contributed by atoms with E-state index >= 15 is 0 Å². The normalized spacial score (nSPS) is 10.7. The van der Waals surface area contributed by atoms with Crippen molar-refractivity contribution in [1.29, 1.82) is 0 Å². The molecule has 0 heterocycles. The van der Waals surface area contributed by atoms with Gasteiger partial charge in [-0.3, -0.25) is 0 Å². The van der Waals surface area contributed by atoms with E-state index < -0.39 is 31.3 Å². The molecule has 0 amide bonds. The summed E-state index contributed by atoms with van der Waals surface area (Å²) < 4.78 is 118. The molecule has 0 radical (unpaired) electrons. The molecule has 0 bridgehead atoms. The van der Waals surface area contributed by atoms with Crippen LogP contribution in [0.3, 0.4) is 0 Å². The van der Waals surface area contributed by atoms with E-state index in [9.17, 15) is 18.3 Å². The first-order chi connectivity index (χ1) is 44.9. The van der Waals surface area contributed by atoms with Crippen molar-refractivity contribution >= 4 is 31.3 Å². The van der Waals surface area contributed by atoms with Crippen LogP contribution in [0.15, 0.2) is 364 Å². The van der Waals surface area contributed by atoms with Crippen molar-refractivity contribution < 1.29 is 93.0 Å². The van der Waals surface area contributed by atoms with Crippen molar-refractivity contribution in [2.45, 2.75) is 0 Å². The zero-order chi connectivity index (χ0) is 63.8. The number of rotatable bonds is 24. The molecule has 0 aliphatic rings. The standard InChI is InChI=1S/4C18H15O4P.Pd/c4*19-23(20-16-10-4-1-5-11-16,21-17-12-6-2-7-13-17)22-18-14-8-3-9-15-18;/h4*1-15H;. The van der Waals surface area contributed by atoms with Crippen molar-refractivity contribution in [3.8, 4) is 69.0 Å². The molecule has 0 aliphatic carbocycles. The number of phosphoric acid groups is 4. The van der Waals surface area contributed by atoms with Gasteiger partial charge in [0, 0.05) is 20.4 Å². The number of benzene rings is 12. The van der Waals surface area contributed by atoms with Gasteiger partial charge in [-0.25, -0.2) is 0 Å². The fourth-order valence-corrected chi connectivity index (χ4v) is 12.6.